The molecule has 15 atom stereocenters. The maximum atomic E-state index is 15.2. The maximum absolute atomic E-state index is 15.2. The molecule has 0 spiro atoms. The van der Waals surface area contributed by atoms with Crippen molar-refractivity contribution in [2.75, 3.05) is 93.9 Å². The third kappa shape index (κ3) is 20.8. The van der Waals surface area contributed by atoms with Gasteiger partial charge in [-0.25, -0.2) is 19.4 Å². The lowest BCUT2D eigenvalue weighted by molar-refractivity contribution is -0.255. The molecule has 8 amide bonds. The lowest BCUT2D eigenvalue weighted by atomic mass is 9.82. The minimum absolute atomic E-state index is 0.0172. The number of amides is 8. The molecule has 586 valence electrons. The van der Waals surface area contributed by atoms with Crippen LogP contribution in [0.4, 0.5) is 10.5 Å². The van der Waals surface area contributed by atoms with Gasteiger partial charge in [0.05, 0.1) is 65.2 Å². The van der Waals surface area contributed by atoms with Gasteiger partial charge in [-0.1, -0.05) is 60.5 Å². The zero-order valence-electron chi connectivity index (χ0n) is 62.3. The molecule has 35 heteroatoms. The van der Waals surface area contributed by atoms with Gasteiger partial charge in [0.2, 0.25) is 41.4 Å². The number of aliphatic hydroxyl groups is 4. The van der Waals surface area contributed by atoms with E-state index in [9.17, 15) is 63.6 Å². The number of allylic oxidation sites excluding steroid dienone is 3. The zero-order chi connectivity index (χ0) is 78.3. The van der Waals surface area contributed by atoms with E-state index < -0.39 is 169 Å². The van der Waals surface area contributed by atoms with Crippen molar-refractivity contribution in [3.8, 4) is 5.75 Å². The molecule has 4 bridgehead atoms. The van der Waals surface area contributed by atoms with Crippen LogP contribution in [-0.2, 0) is 101 Å². The first kappa shape index (κ1) is 84.9. The number of nitrogens with one attached hydrogen (secondary N) is 6. The van der Waals surface area contributed by atoms with Crippen molar-refractivity contribution in [2.24, 2.45) is 5.92 Å². The lowest BCUT2D eigenvalue weighted by Gasteiger charge is -2.42. The number of carbonyl (C=O) groups is 10. The summed E-state index contributed by atoms with van der Waals surface area (Å²) in [6, 6.07) is 7.23. The molecule has 34 nitrogen and oxygen atoms in total. The number of ether oxygens (including phenoxy) is 9. The Bertz CT molecular complexity index is 3730. The third-order valence-electron chi connectivity index (χ3n) is 19.6. The Morgan fingerprint density at radius 3 is 2.20 bits per heavy atom. The Labute approximate surface area is 619 Å². The monoisotopic (exact) mass is 1510 g/mol. The molecule has 3 saturated heterocycles. The number of carbonyl (C=O) groups excluding carboxylic acids is 10. The number of methoxy groups -OCH3 is 2. The minimum Gasteiger partial charge on any atom is -0.495 e. The molecule has 3 unspecified atom stereocenters. The number of rotatable bonds is 30. The van der Waals surface area contributed by atoms with Crippen molar-refractivity contribution in [3.63, 3.8) is 0 Å². The van der Waals surface area contributed by atoms with E-state index in [0.29, 0.717) is 12.1 Å². The number of hydrazine groups is 1. The third-order valence-corrected chi connectivity index (χ3v) is 20.0. The Balaban J connectivity index is 1.02. The SMILES string of the molecule is CNN(C)Cc1cc2ccccc2n1CCC(=O)NC(CC(=O)N[C@@H]1O[C@H](CO)[C@@H](O)[C@H](O)[C@H]1NC(C)=O)C(=O)NCCOCCOCCC(=O)N(C)C(C)C(=O)O[C@]1(OC(=O)[C@H](C)N(C)C(C)=O)CC(=O)N(C)c2cc(cc(OC)c2Cl)C/C(C)=C/C=C/C(OC)[C@@]2(O)C[C@H](OC(=O)N2)[C@@H](C)[C@@H]2O[C@]21C. The van der Waals surface area contributed by atoms with Gasteiger partial charge in [0, 0.05) is 92.2 Å². The Morgan fingerprint density at radius 1 is 0.887 bits per heavy atom. The first-order valence-corrected chi connectivity index (χ1v) is 35.1. The second kappa shape index (κ2) is 37.4. The quantitative estimate of drug-likeness (QED) is 0.0141. The van der Waals surface area contributed by atoms with Crippen LogP contribution in [0.1, 0.15) is 91.8 Å². The molecule has 4 aliphatic heterocycles. The largest absolute Gasteiger partial charge is 0.495 e. The van der Waals surface area contributed by atoms with E-state index in [1.165, 1.54) is 63.1 Å². The van der Waals surface area contributed by atoms with Crippen LogP contribution in [0.3, 0.4) is 0 Å². The summed E-state index contributed by atoms with van der Waals surface area (Å²) in [5.41, 5.74) is 2.32. The van der Waals surface area contributed by atoms with Gasteiger partial charge in [0.1, 0.15) is 78.0 Å². The number of likely N-dealkylation sites (N-methyl/N-ethyl adjacent to an activating group) is 2. The van der Waals surface area contributed by atoms with Crippen LogP contribution in [0, 0.1) is 5.92 Å². The summed E-state index contributed by atoms with van der Waals surface area (Å²) in [7, 11) is 10.4. The second-order valence-electron chi connectivity index (χ2n) is 27.1. The summed E-state index contributed by atoms with van der Waals surface area (Å²) in [5, 5.41) is 58.9. The van der Waals surface area contributed by atoms with E-state index in [0.717, 1.165) is 43.8 Å². The van der Waals surface area contributed by atoms with E-state index >= 15 is 4.79 Å². The maximum Gasteiger partial charge on any atom is 0.409 e. The van der Waals surface area contributed by atoms with Gasteiger partial charge in [-0.15, -0.1) is 0 Å². The lowest BCUT2D eigenvalue weighted by Crippen LogP contribution is -2.68. The molecule has 1 aromatic heterocycles. The molecule has 7 rings (SSSR count). The zero-order valence-corrected chi connectivity index (χ0v) is 63.0. The average Bonchev–Trinajstić information content (AvgIpc) is 1.54. The first-order chi connectivity index (χ1) is 50.1. The number of hydrogen-bond donors (Lipinski definition) is 10. The number of halogens is 1. The van der Waals surface area contributed by atoms with Crippen molar-refractivity contribution >= 4 is 87.6 Å². The fourth-order valence-electron chi connectivity index (χ4n) is 12.8. The van der Waals surface area contributed by atoms with E-state index in [-0.39, 0.29) is 81.7 Å². The van der Waals surface area contributed by atoms with Crippen molar-refractivity contribution in [2.45, 2.75) is 184 Å². The van der Waals surface area contributed by atoms with Gasteiger partial charge in [-0.3, -0.25) is 44.3 Å². The number of aliphatic hydroxyl groups excluding tert-OH is 3. The van der Waals surface area contributed by atoms with Crippen LogP contribution in [-0.4, -0.2) is 272 Å². The molecule has 0 aliphatic carbocycles. The van der Waals surface area contributed by atoms with Gasteiger partial charge in [-0.2, -0.15) is 0 Å². The Hall–Kier alpha value is -8.39. The summed E-state index contributed by atoms with van der Waals surface area (Å²) < 4.78 is 55.3. The molecular formula is C71H102ClN11O23. The number of aromatic nitrogens is 1. The second-order valence-corrected chi connectivity index (χ2v) is 27.5. The highest BCUT2D eigenvalue weighted by Gasteiger charge is 2.74. The van der Waals surface area contributed by atoms with Gasteiger partial charge < -0.3 is 104 Å². The minimum atomic E-state index is -2.76. The van der Waals surface area contributed by atoms with E-state index in [2.05, 4.69) is 32.0 Å². The van der Waals surface area contributed by atoms with E-state index in [4.69, 9.17) is 54.2 Å². The van der Waals surface area contributed by atoms with Crippen LogP contribution in [0.25, 0.3) is 10.9 Å². The highest BCUT2D eigenvalue weighted by Crippen LogP contribution is 2.55. The molecule has 106 heavy (non-hydrogen) atoms. The van der Waals surface area contributed by atoms with Gasteiger partial charge >= 0.3 is 18.0 Å². The average molecular weight is 1510 g/mol. The normalized spacial score (nSPS) is 27.0. The fourth-order valence-corrected chi connectivity index (χ4v) is 13.1. The van der Waals surface area contributed by atoms with Crippen LogP contribution in [0.2, 0.25) is 5.02 Å². The molecule has 2 aromatic carbocycles. The predicted molar refractivity (Wildman–Crippen MR) is 380 cm³/mol. The van der Waals surface area contributed by atoms with E-state index in [1.807, 2.05) is 53.9 Å². The number of aryl methyl sites for hydroxylation is 1. The molecular weight excluding hydrogens is 1410 g/mol. The smallest absolute Gasteiger partial charge is 0.409 e. The number of para-hydroxylation sites is 1. The summed E-state index contributed by atoms with van der Waals surface area (Å²) in [5.74, 6) is -10.8. The van der Waals surface area contributed by atoms with Crippen molar-refractivity contribution < 1.29 is 111 Å². The number of fused-ring (bicyclic) bond motifs is 6. The highest BCUT2D eigenvalue weighted by molar-refractivity contribution is 6.35. The van der Waals surface area contributed by atoms with Crippen molar-refractivity contribution in [3.05, 3.63) is 82.5 Å². The standard InChI is InChI=1S/C71H102ClN11O23/c1-39-18-17-21-54(99-14)70(97)35-52(103-68(96)78-70)40(2)63-69(7,104-63)71(105-66(94)41(3)80(10)44(6)86,36-58(90)82(12)50-31-45(30-39)32-51(98-13)59(50)72)106-67(95)42(4)81(11)57(89)23-26-100-28-29-101-27-24-74-64(93)48(34-56(88)77-65-60(75-43(5)85)62(92)61(91)53(38-84)102-65)76-55(87)22-25-83-47(37-79(9)73-8)33-46-19-15-16-20-49(46)83/h15-21,31-33,40-42,48,52-54,60-63,65,73,84,91-92,97H,22-30,34-38H2,1-14H3,(H,74,93)(H,75,85)(H,76,87)(H,77,88)(H,78,96)/b21-17+,39-18+/t40-,41+,42?,48?,52+,53-,54?,60-,61-,62-,63+,65-,69-,70+,71-/m1/s1. The summed E-state index contributed by atoms with van der Waals surface area (Å²) in [6.45, 7) is 9.26. The number of epoxide rings is 1. The molecule has 3 fully saturated rings. The molecule has 3 aromatic rings. The van der Waals surface area contributed by atoms with Crippen LogP contribution in [0.15, 0.2) is 66.3 Å². The van der Waals surface area contributed by atoms with Crippen LogP contribution >= 0.6 is 11.6 Å². The van der Waals surface area contributed by atoms with Gasteiger partial charge in [0.15, 0.2) is 17.6 Å². The van der Waals surface area contributed by atoms with Crippen molar-refractivity contribution in [1.82, 2.24) is 51.4 Å². The predicted octanol–water partition coefficient (Wildman–Crippen LogP) is 0.338. The molecule has 0 radical (unpaired) electrons. The topological polar surface area (TPSA) is 428 Å². The number of esters is 2. The summed E-state index contributed by atoms with van der Waals surface area (Å²) >= 11 is 6.94. The Morgan fingerprint density at radius 2 is 1.56 bits per heavy atom. The molecule has 5 heterocycles. The number of hydrogen-bond acceptors (Lipinski definition) is 25. The molecule has 0 saturated carbocycles. The number of benzene rings is 2. The van der Waals surface area contributed by atoms with E-state index in [1.54, 1.807) is 44.3 Å². The molecule has 10 N–H and O–H groups in total. The van der Waals surface area contributed by atoms with Crippen LogP contribution in [0.5, 0.6) is 5.75 Å². The number of anilines is 1. The molecule has 4 aliphatic rings. The van der Waals surface area contributed by atoms with Crippen molar-refractivity contribution in [1.29, 1.82) is 0 Å². The van der Waals surface area contributed by atoms with Gasteiger partial charge in [0.25, 0.3) is 5.79 Å². The first-order valence-electron chi connectivity index (χ1n) is 34.8. The fraction of sp³-hybridized carbons (Fsp3) is 0.606. The number of nitrogens with zero attached hydrogens (tertiary/aromatic N) is 5. The van der Waals surface area contributed by atoms with Crippen LogP contribution < -0.4 is 41.6 Å². The Kier molecular flexibility index (Phi) is 30.0. The highest BCUT2D eigenvalue weighted by atomic mass is 35.5. The van der Waals surface area contributed by atoms with Gasteiger partial charge in [-0.05, 0) is 76.4 Å². The summed E-state index contributed by atoms with van der Waals surface area (Å²) in [6.07, 6.45) is -7.77. The number of alkyl carbamates (subject to hydrolysis) is 1. The summed E-state index contributed by atoms with van der Waals surface area (Å²) in [4.78, 5) is 142.